The SMILES string of the molecule is CC1CN(C(=O)C2=NNC(=O)CC2)c2ccccc2O1. The lowest BCUT2D eigenvalue weighted by Gasteiger charge is -2.33. The number of carbonyl (C=O) groups is 2. The lowest BCUT2D eigenvalue weighted by molar-refractivity contribution is -0.121. The maximum absolute atomic E-state index is 12.6. The number of nitrogens with one attached hydrogen (secondary N) is 1. The number of para-hydroxylation sites is 2. The third-order valence-electron chi connectivity index (χ3n) is 3.32. The second kappa shape index (κ2) is 4.96. The van der Waals surface area contributed by atoms with Gasteiger partial charge in [-0.2, -0.15) is 5.10 Å². The van der Waals surface area contributed by atoms with E-state index in [2.05, 4.69) is 10.5 Å². The lowest BCUT2D eigenvalue weighted by atomic mass is 10.1. The van der Waals surface area contributed by atoms with Crippen molar-refractivity contribution in [3.05, 3.63) is 24.3 Å². The van der Waals surface area contributed by atoms with Crippen molar-refractivity contribution < 1.29 is 14.3 Å². The summed E-state index contributed by atoms with van der Waals surface area (Å²) in [5.74, 6) is 0.366. The fourth-order valence-electron chi connectivity index (χ4n) is 2.37. The van der Waals surface area contributed by atoms with Gasteiger partial charge in [-0.25, -0.2) is 5.43 Å². The highest BCUT2D eigenvalue weighted by atomic mass is 16.5. The molecule has 0 fully saturated rings. The van der Waals surface area contributed by atoms with E-state index in [4.69, 9.17) is 4.74 Å². The smallest absolute Gasteiger partial charge is 0.274 e. The van der Waals surface area contributed by atoms with E-state index in [0.717, 1.165) is 5.69 Å². The first kappa shape index (κ1) is 12.7. The number of rotatable bonds is 1. The van der Waals surface area contributed by atoms with Gasteiger partial charge < -0.3 is 9.64 Å². The number of amides is 2. The Morgan fingerprint density at radius 3 is 2.95 bits per heavy atom. The van der Waals surface area contributed by atoms with Gasteiger partial charge in [0.2, 0.25) is 5.91 Å². The molecule has 0 aliphatic carbocycles. The van der Waals surface area contributed by atoms with Gasteiger partial charge in [0.1, 0.15) is 17.6 Å². The van der Waals surface area contributed by atoms with Crippen LogP contribution < -0.4 is 15.1 Å². The van der Waals surface area contributed by atoms with Crippen LogP contribution in [0.15, 0.2) is 29.4 Å². The van der Waals surface area contributed by atoms with Crippen molar-refractivity contribution in [2.24, 2.45) is 5.10 Å². The fraction of sp³-hybridized carbons (Fsp3) is 0.357. The lowest BCUT2D eigenvalue weighted by Crippen LogP contribution is -2.46. The third-order valence-corrected chi connectivity index (χ3v) is 3.32. The monoisotopic (exact) mass is 273 g/mol. The summed E-state index contributed by atoms with van der Waals surface area (Å²) in [6.07, 6.45) is 0.595. The molecule has 104 valence electrons. The Morgan fingerprint density at radius 1 is 1.40 bits per heavy atom. The van der Waals surface area contributed by atoms with Crippen LogP contribution in [0.1, 0.15) is 19.8 Å². The summed E-state index contributed by atoms with van der Waals surface area (Å²) in [5, 5.41) is 3.87. The normalized spacial score (nSPS) is 21.4. The number of fused-ring (bicyclic) bond motifs is 1. The average Bonchev–Trinajstić information content (AvgIpc) is 2.46. The molecular weight excluding hydrogens is 258 g/mol. The second-order valence-electron chi connectivity index (χ2n) is 4.91. The Balaban J connectivity index is 1.90. The highest BCUT2D eigenvalue weighted by molar-refractivity contribution is 6.44. The molecule has 1 N–H and O–H groups in total. The van der Waals surface area contributed by atoms with Crippen molar-refractivity contribution >= 4 is 23.2 Å². The van der Waals surface area contributed by atoms with E-state index in [1.54, 1.807) is 4.90 Å². The van der Waals surface area contributed by atoms with Crippen LogP contribution in [-0.4, -0.2) is 30.2 Å². The fourth-order valence-corrected chi connectivity index (χ4v) is 2.37. The molecular formula is C14H15N3O3. The molecule has 1 aromatic carbocycles. The number of benzene rings is 1. The van der Waals surface area contributed by atoms with Gasteiger partial charge in [0.25, 0.3) is 5.91 Å². The molecule has 1 aromatic rings. The Labute approximate surface area is 116 Å². The standard InChI is InChI=1S/C14H15N3O3/c1-9-8-17(11-4-2-3-5-12(11)20-9)14(19)10-6-7-13(18)16-15-10/h2-5,9H,6-8H2,1H3,(H,16,18). The van der Waals surface area contributed by atoms with Crippen LogP contribution in [0.2, 0.25) is 0 Å². The van der Waals surface area contributed by atoms with Gasteiger partial charge >= 0.3 is 0 Å². The minimum atomic E-state index is -0.174. The predicted octanol–water partition coefficient (Wildman–Crippen LogP) is 1.07. The summed E-state index contributed by atoms with van der Waals surface area (Å²) in [6.45, 7) is 2.39. The summed E-state index contributed by atoms with van der Waals surface area (Å²) in [4.78, 5) is 25.3. The first-order valence-corrected chi connectivity index (χ1v) is 6.58. The van der Waals surface area contributed by atoms with Crippen LogP contribution in [0.25, 0.3) is 0 Å². The van der Waals surface area contributed by atoms with Crippen LogP contribution in [0.5, 0.6) is 5.75 Å². The van der Waals surface area contributed by atoms with Crippen molar-refractivity contribution in [1.29, 1.82) is 0 Å². The van der Waals surface area contributed by atoms with E-state index >= 15 is 0 Å². The third kappa shape index (κ3) is 2.24. The minimum Gasteiger partial charge on any atom is -0.487 e. The van der Waals surface area contributed by atoms with Crippen molar-refractivity contribution in [3.8, 4) is 5.75 Å². The number of anilines is 1. The van der Waals surface area contributed by atoms with Crippen molar-refractivity contribution in [3.63, 3.8) is 0 Å². The zero-order valence-electron chi connectivity index (χ0n) is 11.1. The number of hydrogen-bond donors (Lipinski definition) is 1. The zero-order chi connectivity index (χ0) is 14.1. The van der Waals surface area contributed by atoms with Gasteiger partial charge in [-0.05, 0) is 19.1 Å². The Kier molecular flexibility index (Phi) is 3.14. The van der Waals surface area contributed by atoms with Crippen LogP contribution >= 0.6 is 0 Å². The molecule has 3 rings (SSSR count). The molecule has 2 aliphatic heterocycles. The highest BCUT2D eigenvalue weighted by Gasteiger charge is 2.31. The number of carbonyl (C=O) groups excluding carboxylic acids is 2. The van der Waals surface area contributed by atoms with Crippen molar-refractivity contribution in [1.82, 2.24) is 5.43 Å². The van der Waals surface area contributed by atoms with Crippen LogP contribution in [-0.2, 0) is 9.59 Å². The van der Waals surface area contributed by atoms with E-state index in [-0.39, 0.29) is 17.9 Å². The molecule has 0 bridgehead atoms. The summed E-state index contributed by atoms with van der Waals surface area (Å²) in [5.41, 5.74) is 3.49. The van der Waals surface area contributed by atoms with E-state index in [1.165, 1.54) is 0 Å². The molecule has 0 spiro atoms. The number of ether oxygens (including phenoxy) is 1. The van der Waals surface area contributed by atoms with Crippen LogP contribution in [0, 0.1) is 0 Å². The first-order chi connectivity index (χ1) is 9.65. The van der Waals surface area contributed by atoms with Gasteiger partial charge in [-0.15, -0.1) is 0 Å². The quantitative estimate of drug-likeness (QED) is 0.832. The van der Waals surface area contributed by atoms with Crippen molar-refractivity contribution in [2.75, 3.05) is 11.4 Å². The van der Waals surface area contributed by atoms with Gasteiger partial charge in [0, 0.05) is 12.8 Å². The number of hydrogen-bond acceptors (Lipinski definition) is 4. The van der Waals surface area contributed by atoms with Gasteiger partial charge in [0.05, 0.1) is 12.2 Å². The van der Waals surface area contributed by atoms with Gasteiger partial charge in [0.15, 0.2) is 0 Å². The minimum absolute atomic E-state index is 0.0763. The predicted molar refractivity (Wildman–Crippen MR) is 73.7 cm³/mol. The Bertz CT molecular complexity index is 597. The summed E-state index contributed by atoms with van der Waals surface area (Å²) >= 11 is 0. The molecule has 6 heteroatoms. The number of hydrazone groups is 1. The van der Waals surface area contributed by atoms with E-state index < -0.39 is 0 Å². The first-order valence-electron chi connectivity index (χ1n) is 6.58. The summed E-state index contributed by atoms with van der Waals surface area (Å²) in [6, 6.07) is 7.43. The summed E-state index contributed by atoms with van der Waals surface area (Å²) < 4.78 is 5.71. The van der Waals surface area contributed by atoms with E-state index in [9.17, 15) is 9.59 Å². The highest BCUT2D eigenvalue weighted by Crippen LogP contribution is 2.33. The molecule has 0 saturated heterocycles. The maximum Gasteiger partial charge on any atom is 0.274 e. The topological polar surface area (TPSA) is 71.0 Å². The molecule has 20 heavy (non-hydrogen) atoms. The molecule has 2 heterocycles. The molecule has 1 unspecified atom stereocenters. The van der Waals surface area contributed by atoms with E-state index in [1.807, 2.05) is 31.2 Å². The summed E-state index contributed by atoms with van der Waals surface area (Å²) in [7, 11) is 0. The molecule has 0 saturated carbocycles. The zero-order valence-corrected chi connectivity index (χ0v) is 11.1. The van der Waals surface area contributed by atoms with Gasteiger partial charge in [-0.3, -0.25) is 9.59 Å². The van der Waals surface area contributed by atoms with Gasteiger partial charge in [-0.1, -0.05) is 12.1 Å². The Morgan fingerprint density at radius 2 is 2.20 bits per heavy atom. The molecule has 2 amide bonds. The molecule has 1 atom stereocenters. The van der Waals surface area contributed by atoms with Crippen LogP contribution in [0.3, 0.4) is 0 Å². The van der Waals surface area contributed by atoms with E-state index in [0.29, 0.717) is 30.8 Å². The Hall–Kier alpha value is -2.37. The van der Waals surface area contributed by atoms with Crippen molar-refractivity contribution in [2.45, 2.75) is 25.9 Å². The second-order valence-corrected chi connectivity index (χ2v) is 4.91. The average molecular weight is 273 g/mol. The molecule has 0 aromatic heterocycles. The molecule has 0 radical (unpaired) electrons. The largest absolute Gasteiger partial charge is 0.487 e. The number of nitrogens with zero attached hydrogens (tertiary/aromatic N) is 2. The molecule has 6 nitrogen and oxygen atoms in total. The molecule has 2 aliphatic rings. The van der Waals surface area contributed by atoms with Crippen LogP contribution in [0.4, 0.5) is 5.69 Å². The maximum atomic E-state index is 12.6.